The molecular formula is C15H28N2S. The summed E-state index contributed by atoms with van der Waals surface area (Å²) >= 11 is 5.47. The van der Waals surface area contributed by atoms with Crippen molar-refractivity contribution in [3.05, 3.63) is 0 Å². The van der Waals surface area contributed by atoms with E-state index in [9.17, 15) is 0 Å². The van der Waals surface area contributed by atoms with Gasteiger partial charge in [0, 0.05) is 12.1 Å². The van der Waals surface area contributed by atoms with Gasteiger partial charge in [-0.1, -0.05) is 33.1 Å². The quantitative estimate of drug-likeness (QED) is 0.748. The molecular weight excluding hydrogens is 240 g/mol. The van der Waals surface area contributed by atoms with Gasteiger partial charge in [0.15, 0.2) is 5.11 Å². The van der Waals surface area contributed by atoms with Gasteiger partial charge in [-0.05, 0) is 56.2 Å². The zero-order valence-electron chi connectivity index (χ0n) is 11.9. The molecule has 0 amide bonds. The molecule has 18 heavy (non-hydrogen) atoms. The van der Waals surface area contributed by atoms with Gasteiger partial charge in [0.2, 0.25) is 0 Å². The number of thiocarbonyl (C=S) groups is 1. The fourth-order valence-electron chi connectivity index (χ4n) is 3.72. The van der Waals surface area contributed by atoms with Gasteiger partial charge >= 0.3 is 0 Å². The average Bonchev–Trinajstić information content (AvgIpc) is 2.28. The number of hydrogen-bond acceptors (Lipinski definition) is 1. The third kappa shape index (κ3) is 4.42. The fourth-order valence-corrected chi connectivity index (χ4v) is 4.06. The predicted molar refractivity (Wildman–Crippen MR) is 81.7 cm³/mol. The Balaban J connectivity index is 1.72. The van der Waals surface area contributed by atoms with Crippen molar-refractivity contribution in [2.24, 2.45) is 11.8 Å². The van der Waals surface area contributed by atoms with Crippen molar-refractivity contribution < 1.29 is 0 Å². The van der Waals surface area contributed by atoms with Crippen LogP contribution in [0.3, 0.4) is 0 Å². The van der Waals surface area contributed by atoms with Crippen LogP contribution in [0.15, 0.2) is 0 Å². The minimum atomic E-state index is 0.590. The molecule has 0 aliphatic heterocycles. The summed E-state index contributed by atoms with van der Waals surface area (Å²) in [5.41, 5.74) is 0. The lowest BCUT2D eigenvalue weighted by atomic mass is 9.80. The molecule has 2 saturated carbocycles. The standard InChI is InChI=1S/C15H28N2S/c1-11-8-12(2)10-14(9-11)17-15(18)16-13-6-4-3-5-7-13/h11-14H,3-10H2,1-2H3,(H2,16,17,18). The van der Waals surface area contributed by atoms with Crippen LogP contribution in [0.5, 0.6) is 0 Å². The van der Waals surface area contributed by atoms with E-state index < -0.39 is 0 Å². The molecule has 3 heteroatoms. The molecule has 0 bridgehead atoms. The van der Waals surface area contributed by atoms with Crippen LogP contribution in [0.4, 0.5) is 0 Å². The van der Waals surface area contributed by atoms with Crippen LogP contribution < -0.4 is 10.6 Å². The smallest absolute Gasteiger partial charge is 0.166 e. The zero-order valence-corrected chi connectivity index (χ0v) is 12.7. The highest BCUT2D eigenvalue weighted by molar-refractivity contribution is 7.80. The molecule has 2 aliphatic carbocycles. The molecule has 2 aliphatic rings. The van der Waals surface area contributed by atoms with Crippen LogP contribution in [-0.4, -0.2) is 17.2 Å². The maximum absolute atomic E-state index is 5.47. The van der Waals surface area contributed by atoms with Crippen molar-refractivity contribution in [1.29, 1.82) is 0 Å². The van der Waals surface area contributed by atoms with Gasteiger partial charge in [-0.3, -0.25) is 0 Å². The van der Waals surface area contributed by atoms with Gasteiger partial charge < -0.3 is 10.6 Å². The molecule has 2 fully saturated rings. The van der Waals surface area contributed by atoms with E-state index in [1.807, 2.05) is 0 Å². The Hall–Kier alpha value is -0.310. The molecule has 2 nitrogen and oxygen atoms in total. The van der Waals surface area contributed by atoms with E-state index >= 15 is 0 Å². The van der Waals surface area contributed by atoms with Crippen LogP contribution >= 0.6 is 12.2 Å². The minimum Gasteiger partial charge on any atom is -0.360 e. The first-order valence-corrected chi connectivity index (χ1v) is 8.11. The summed E-state index contributed by atoms with van der Waals surface area (Å²) in [4.78, 5) is 0. The van der Waals surface area contributed by atoms with Crippen LogP contribution in [0, 0.1) is 11.8 Å². The number of hydrogen-bond donors (Lipinski definition) is 2. The van der Waals surface area contributed by atoms with Gasteiger partial charge in [-0.25, -0.2) is 0 Å². The Labute approximate surface area is 117 Å². The third-order valence-corrected chi connectivity index (χ3v) is 4.69. The van der Waals surface area contributed by atoms with Crippen molar-refractivity contribution in [1.82, 2.24) is 10.6 Å². The van der Waals surface area contributed by atoms with Crippen LogP contribution in [-0.2, 0) is 0 Å². The van der Waals surface area contributed by atoms with E-state index in [1.165, 1.54) is 51.4 Å². The van der Waals surface area contributed by atoms with Gasteiger partial charge in [-0.2, -0.15) is 0 Å². The molecule has 0 heterocycles. The van der Waals surface area contributed by atoms with E-state index in [4.69, 9.17) is 12.2 Å². The SMILES string of the molecule is CC1CC(C)CC(NC(=S)NC2CCCCC2)C1. The Morgan fingerprint density at radius 3 is 2.00 bits per heavy atom. The second-order valence-corrected chi connectivity index (χ2v) is 6.98. The Morgan fingerprint density at radius 1 is 0.833 bits per heavy atom. The van der Waals surface area contributed by atoms with E-state index in [0.717, 1.165) is 16.9 Å². The summed E-state index contributed by atoms with van der Waals surface area (Å²) in [5.74, 6) is 1.67. The molecule has 0 spiro atoms. The van der Waals surface area contributed by atoms with Crippen molar-refractivity contribution >= 4 is 17.3 Å². The number of nitrogens with one attached hydrogen (secondary N) is 2. The topological polar surface area (TPSA) is 24.1 Å². The summed E-state index contributed by atoms with van der Waals surface area (Å²) in [6, 6.07) is 1.21. The van der Waals surface area contributed by atoms with E-state index in [1.54, 1.807) is 0 Å². The molecule has 2 unspecified atom stereocenters. The van der Waals surface area contributed by atoms with Crippen LogP contribution in [0.25, 0.3) is 0 Å². The molecule has 0 saturated heterocycles. The molecule has 2 N–H and O–H groups in total. The lowest BCUT2D eigenvalue weighted by molar-refractivity contribution is 0.255. The molecule has 2 rings (SSSR count). The minimum absolute atomic E-state index is 0.590. The second-order valence-electron chi connectivity index (χ2n) is 6.57. The molecule has 2 atom stereocenters. The van der Waals surface area contributed by atoms with Crippen molar-refractivity contribution in [2.45, 2.75) is 77.3 Å². The zero-order chi connectivity index (χ0) is 13.0. The normalized spacial score (nSPS) is 34.0. The monoisotopic (exact) mass is 268 g/mol. The summed E-state index contributed by atoms with van der Waals surface area (Å²) in [6.07, 6.45) is 10.6. The van der Waals surface area contributed by atoms with Gasteiger partial charge in [0.25, 0.3) is 0 Å². The second kappa shape index (κ2) is 6.74. The Kier molecular flexibility index (Phi) is 5.28. The first-order chi connectivity index (χ1) is 8.63. The van der Waals surface area contributed by atoms with Crippen molar-refractivity contribution in [2.75, 3.05) is 0 Å². The summed E-state index contributed by atoms with van der Waals surface area (Å²) in [5, 5.41) is 7.96. The van der Waals surface area contributed by atoms with Gasteiger partial charge in [0.1, 0.15) is 0 Å². The Morgan fingerprint density at radius 2 is 1.39 bits per heavy atom. The molecule has 0 aromatic carbocycles. The number of rotatable bonds is 2. The highest BCUT2D eigenvalue weighted by Gasteiger charge is 2.24. The summed E-state index contributed by atoms with van der Waals surface area (Å²) in [7, 11) is 0. The molecule has 104 valence electrons. The average molecular weight is 268 g/mol. The fraction of sp³-hybridized carbons (Fsp3) is 0.933. The summed E-state index contributed by atoms with van der Waals surface area (Å²) in [6.45, 7) is 4.73. The van der Waals surface area contributed by atoms with Gasteiger partial charge in [-0.15, -0.1) is 0 Å². The largest absolute Gasteiger partial charge is 0.360 e. The highest BCUT2D eigenvalue weighted by Crippen LogP contribution is 2.28. The third-order valence-electron chi connectivity index (χ3n) is 4.45. The van der Waals surface area contributed by atoms with Crippen molar-refractivity contribution in [3.8, 4) is 0 Å². The summed E-state index contributed by atoms with van der Waals surface area (Å²) < 4.78 is 0. The molecule has 0 aromatic rings. The first-order valence-electron chi connectivity index (χ1n) is 7.70. The lowest BCUT2D eigenvalue weighted by Crippen LogP contribution is -2.48. The van der Waals surface area contributed by atoms with E-state index in [2.05, 4.69) is 24.5 Å². The molecule has 0 aromatic heterocycles. The van der Waals surface area contributed by atoms with Crippen LogP contribution in [0.1, 0.15) is 65.2 Å². The Bertz CT molecular complexity index is 264. The predicted octanol–water partition coefficient (Wildman–Crippen LogP) is 3.61. The lowest BCUT2D eigenvalue weighted by Gasteiger charge is -2.33. The van der Waals surface area contributed by atoms with Crippen molar-refractivity contribution in [3.63, 3.8) is 0 Å². The van der Waals surface area contributed by atoms with Gasteiger partial charge in [0.05, 0.1) is 0 Å². The maximum Gasteiger partial charge on any atom is 0.166 e. The first kappa shape index (κ1) is 14.1. The highest BCUT2D eigenvalue weighted by atomic mass is 32.1. The van der Waals surface area contributed by atoms with E-state index in [0.29, 0.717) is 12.1 Å². The van der Waals surface area contributed by atoms with E-state index in [-0.39, 0.29) is 0 Å². The van der Waals surface area contributed by atoms with Crippen LogP contribution in [0.2, 0.25) is 0 Å². The molecule has 0 radical (unpaired) electrons. The maximum atomic E-state index is 5.47.